The topological polar surface area (TPSA) is 139 Å². The van der Waals surface area contributed by atoms with Gasteiger partial charge in [0.15, 0.2) is 0 Å². The van der Waals surface area contributed by atoms with Gasteiger partial charge in [-0.2, -0.15) is 0 Å². The van der Waals surface area contributed by atoms with Crippen LogP contribution in [-0.2, 0) is 4.79 Å². The Morgan fingerprint density at radius 1 is 1.48 bits per heavy atom. The highest BCUT2D eigenvalue weighted by Crippen LogP contribution is 2.31. The van der Waals surface area contributed by atoms with E-state index in [0.717, 1.165) is 6.07 Å². The van der Waals surface area contributed by atoms with Gasteiger partial charge in [0.2, 0.25) is 5.91 Å². The molecule has 5 N–H and O–H groups in total. The molecule has 1 amide bonds. The van der Waals surface area contributed by atoms with Crippen molar-refractivity contribution < 1.29 is 19.9 Å². The molecule has 0 bridgehead atoms. The van der Waals surface area contributed by atoms with Crippen molar-refractivity contribution in [1.29, 1.82) is 0 Å². The molecule has 0 saturated carbocycles. The lowest BCUT2D eigenvalue weighted by atomic mass is 9.97. The van der Waals surface area contributed by atoms with Crippen molar-refractivity contribution in [2.45, 2.75) is 32.5 Å². The number of nitrogens with one attached hydrogen (secondary N) is 1. The molecule has 0 aromatic heterocycles. The lowest BCUT2D eigenvalue weighted by Crippen LogP contribution is -2.28. The Labute approximate surface area is 121 Å². The highest BCUT2D eigenvalue weighted by molar-refractivity contribution is 5.72. The zero-order valence-corrected chi connectivity index (χ0v) is 11.9. The molecule has 0 aliphatic heterocycles. The van der Waals surface area contributed by atoms with Crippen molar-refractivity contribution >= 4 is 17.3 Å². The average molecular weight is 297 g/mol. The Morgan fingerprint density at radius 2 is 2.10 bits per heavy atom. The van der Waals surface area contributed by atoms with E-state index in [2.05, 4.69) is 5.32 Å². The number of hydrogen-bond acceptors (Lipinski definition) is 6. The third-order valence-electron chi connectivity index (χ3n) is 3.11. The van der Waals surface area contributed by atoms with Gasteiger partial charge in [-0.1, -0.05) is 0 Å². The maximum Gasteiger partial charge on any atom is 0.270 e. The Bertz CT molecular complexity index is 547. The highest BCUT2D eigenvalue weighted by atomic mass is 16.6. The van der Waals surface area contributed by atoms with Gasteiger partial charge < -0.3 is 21.3 Å². The number of benzene rings is 1. The van der Waals surface area contributed by atoms with Gasteiger partial charge in [-0.3, -0.25) is 14.9 Å². The second-order valence-corrected chi connectivity index (χ2v) is 4.81. The second kappa shape index (κ2) is 7.00. The van der Waals surface area contributed by atoms with Gasteiger partial charge >= 0.3 is 0 Å². The third kappa shape index (κ3) is 4.40. The maximum atomic E-state index is 10.8. The van der Waals surface area contributed by atoms with E-state index < -0.39 is 17.1 Å². The number of hydrogen-bond donors (Lipinski definition) is 4. The van der Waals surface area contributed by atoms with E-state index in [-0.39, 0.29) is 35.8 Å². The van der Waals surface area contributed by atoms with E-state index in [0.29, 0.717) is 5.56 Å². The van der Waals surface area contributed by atoms with Crippen LogP contribution < -0.4 is 11.1 Å². The zero-order chi connectivity index (χ0) is 16.2. The van der Waals surface area contributed by atoms with Gasteiger partial charge in [-0.25, -0.2) is 0 Å². The number of aliphatic hydroxyl groups excluding tert-OH is 2. The number of carbonyl (C=O) groups is 1. The molecule has 2 unspecified atom stereocenters. The number of nitro benzene ring substituents is 1. The zero-order valence-electron chi connectivity index (χ0n) is 11.9. The first-order valence-electron chi connectivity index (χ1n) is 6.39. The molecule has 0 heterocycles. The number of aryl methyl sites for hydroxylation is 1. The standard InChI is InChI=1S/C13H19N3O5/c1-7-5-9(16(20)21)6-10(12(7)14)13(19)11(18)3-4-15-8(2)17/h5-6,11,13,18-19H,3-4,14H2,1-2H3,(H,15,17). The fourth-order valence-electron chi connectivity index (χ4n) is 1.92. The molecule has 0 spiro atoms. The van der Waals surface area contributed by atoms with Crippen LogP contribution in [0, 0.1) is 17.0 Å². The van der Waals surface area contributed by atoms with Crippen LogP contribution >= 0.6 is 0 Å². The average Bonchev–Trinajstić information content (AvgIpc) is 2.40. The number of nitrogens with two attached hydrogens (primary N) is 1. The van der Waals surface area contributed by atoms with Crippen LogP contribution in [0.15, 0.2) is 12.1 Å². The Morgan fingerprint density at radius 3 is 2.62 bits per heavy atom. The molecule has 8 heteroatoms. The van der Waals surface area contributed by atoms with E-state index >= 15 is 0 Å². The lowest BCUT2D eigenvalue weighted by Gasteiger charge is -2.20. The van der Waals surface area contributed by atoms with Crippen LogP contribution in [0.5, 0.6) is 0 Å². The molecule has 8 nitrogen and oxygen atoms in total. The van der Waals surface area contributed by atoms with E-state index in [9.17, 15) is 25.1 Å². The van der Waals surface area contributed by atoms with Crippen LogP contribution in [0.1, 0.15) is 30.6 Å². The summed E-state index contributed by atoms with van der Waals surface area (Å²) in [4.78, 5) is 21.0. The first-order valence-corrected chi connectivity index (χ1v) is 6.39. The quantitative estimate of drug-likeness (QED) is 0.340. The molecule has 0 aliphatic rings. The third-order valence-corrected chi connectivity index (χ3v) is 3.11. The number of carbonyl (C=O) groups excluding carboxylic acids is 1. The fraction of sp³-hybridized carbons (Fsp3) is 0.462. The number of nitro groups is 1. The molecule has 1 aromatic rings. The van der Waals surface area contributed by atoms with Gasteiger partial charge in [0.05, 0.1) is 11.0 Å². The number of nitrogen functional groups attached to an aromatic ring is 1. The van der Waals surface area contributed by atoms with Crippen molar-refractivity contribution in [3.63, 3.8) is 0 Å². The summed E-state index contributed by atoms with van der Waals surface area (Å²) in [5.74, 6) is -0.248. The van der Waals surface area contributed by atoms with E-state index in [1.807, 2.05) is 0 Å². The van der Waals surface area contributed by atoms with Gasteiger partial charge in [-0.15, -0.1) is 0 Å². The first kappa shape index (κ1) is 16.9. The summed E-state index contributed by atoms with van der Waals surface area (Å²) >= 11 is 0. The summed E-state index contributed by atoms with van der Waals surface area (Å²) in [5.41, 5.74) is 6.36. The predicted molar refractivity (Wildman–Crippen MR) is 76.5 cm³/mol. The smallest absolute Gasteiger partial charge is 0.270 e. The summed E-state index contributed by atoms with van der Waals surface area (Å²) in [6.45, 7) is 3.11. The summed E-state index contributed by atoms with van der Waals surface area (Å²) in [5, 5.41) is 33.3. The minimum absolute atomic E-state index is 0.0991. The molecule has 0 radical (unpaired) electrons. The molecule has 0 fully saturated rings. The summed E-state index contributed by atoms with van der Waals surface area (Å²) in [6.07, 6.45) is -2.46. The van der Waals surface area contributed by atoms with Crippen LogP contribution in [0.2, 0.25) is 0 Å². The molecule has 116 valence electrons. The van der Waals surface area contributed by atoms with E-state index in [4.69, 9.17) is 5.73 Å². The highest BCUT2D eigenvalue weighted by Gasteiger charge is 2.24. The lowest BCUT2D eigenvalue weighted by molar-refractivity contribution is -0.385. The van der Waals surface area contributed by atoms with Crippen LogP contribution in [0.3, 0.4) is 0 Å². The number of amides is 1. The molecular weight excluding hydrogens is 278 g/mol. The monoisotopic (exact) mass is 297 g/mol. The molecule has 2 atom stereocenters. The number of anilines is 1. The van der Waals surface area contributed by atoms with Crippen LogP contribution in [0.25, 0.3) is 0 Å². The maximum absolute atomic E-state index is 10.8. The largest absolute Gasteiger partial charge is 0.398 e. The molecular formula is C13H19N3O5. The van der Waals surface area contributed by atoms with Gasteiger partial charge in [0.1, 0.15) is 6.10 Å². The first-order chi connectivity index (χ1) is 9.73. The van der Waals surface area contributed by atoms with Crippen molar-refractivity contribution in [3.05, 3.63) is 33.4 Å². The minimum atomic E-state index is -1.36. The van der Waals surface area contributed by atoms with Gasteiger partial charge in [0, 0.05) is 36.9 Å². The normalized spacial score (nSPS) is 13.5. The fourth-order valence-corrected chi connectivity index (χ4v) is 1.92. The SMILES string of the molecule is CC(=O)NCCC(O)C(O)c1cc([N+](=O)[O-])cc(C)c1N. The van der Waals surface area contributed by atoms with Gasteiger partial charge in [-0.05, 0) is 18.9 Å². The second-order valence-electron chi connectivity index (χ2n) is 4.81. The van der Waals surface area contributed by atoms with Crippen molar-refractivity contribution in [3.8, 4) is 0 Å². The molecule has 0 aliphatic carbocycles. The molecule has 1 rings (SSSR count). The van der Waals surface area contributed by atoms with E-state index in [1.54, 1.807) is 6.92 Å². The predicted octanol–water partition coefficient (Wildman–Crippen LogP) is 0.406. The number of aliphatic hydroxyl groups is 2. The Hall–Kier alpha value is -2.19. The van der Waals surface area contributed by atoms with Crippen molar-refractivity contribution in [2.24, 2.45) is 0 Å². The number of rotatable bonds is 6. The van der Waals surface area contributed by atoms with Crippen LogP contribution in [-0.4, -0.2) is 33.7 Å². The van der Waals surface area contributed by atoms with Crippen molar-refractivity contribution in [1.82, 2.24) is 5.32 Å². The van der Waals surface area contributed by atoms with E-state index in [1.165, 1.54) is 13.0 Å². The Balaban J connectivity index is 2.92. The number of non-ortho nitro benzene ring substituents is 1. The summed E-state index contributed by atoms with van der Waals surface area (Å²) < 4.78 is 0. The van der Waals surface area contributed by atoms with Gasteiger partial charge in [0.25, 0.3) is 5.69 Å². The summed E-state index contributed by atoms with van der Waals surface area (Å²) in [7, 11) is 0. The molecule has 1 aromatic carbocycles. The number of nitrogens with zero attached hydrogens (tertiary/aromatic N) is 1. The van der Waals surface area contributed by atoms with Crippen molar-refractivity contribution in [2.75, 3.05) is 12.3 Å². The summed E-state index contributed by atoms with van der Waals surface area (Å²) in [6, 6.07) is 2.45. The Kier molecular flexibility index (Phi) is 5.62. The minimum Gasteiger partial charge on any atom is -0.398 e. The molecule has 21 heavy (non-hydrogen) atoms. The molecule has 0 saturated heterocycles. The van der Waals surface area contributed by atoms with Crippen LogP contribution in [0.4, 0.5) is 11.4 Å².